The summed E-state index contributed by atoms with van der Waals surface area (Å²) in [4.78, 5) is 53.9. The fourth-order valence-electron chi connectivity index (χ4n) is 5.19. The highest BCUT2D eigenvalue weighted by molar-refractivity contribution is 8.00. The first-order chi connectivity index (χ1) is 21.0. The average molecular weight is 614 g/mol. The quantitative estimate of drug-likeness (QED) is 0.203. The third-order valence-electron chi connectivity index (χ3n) is 7.17. The molecule has 2 aliphatic heterocycles. The van der Waals surface area contributed by atoms with Crippen LogP contribution in [0.4, 0.5) is 10.5 Å². The molecule has 0 spiro atoms. The zero-order valence-corrected chi connectivity index (χ0v) is 25.6. The molecule has 3 aromatic rings. The van der Waals surface area contributed by atoms with Crippen LogP contribution < -0.4 is 10.6 Å². The van der Waals surface area contributed by atoms with Gasteiger partial charge in [-0.2, -0.15) is 0 Å². The zero-order chi connectivity index (χ0) is 31.4. The Balaban J connectivity index is 1.25. The highest BCUT2D eigenvalue weighted by Crippen LogP contribution is 2.41. The minimum atomic E-state index is -0.962. The Labute approximate surface area is 261 Å². The fraction of sp³-hybridized carbons (Fsp3) is 0.294. The van der Waals surface area contributed by atoms with Gasteiger partial charge in [-0.05, 0) is 49.1 Å². The number of hydrogen-bond acceptors (Lipinski definition) is 7. The van der Waals surface area contributed by atoms with Crippen molar-refractivity contribution in [3.05, 3.63) is 114 Å². The molecule has 3 atom stereocenters. The van der Waals surface area contributed by atoms with Crippen molar-refractivity contribution in [3.63, 3.8) is 0 Å². The zero-order valence-electron chi connectivity index (χ0n) is 24.8. The van der Waals surface area contributed by atoms with Crippen LogP contribution in [0.25, 0.3) is 0 Å². The summed E-state index contributed by atoms with van der Waals surface area (Å²) in [6, 6.07) is 24.0. The van der Waals surface area contributed by atoms with Crippen LogP contribution >= 0.6 is 11.8 Å². The monoisotopic (exact) mass is 613 g/mol. The van der Waals surface area contributed by atoms with Crippen molar-refractivity contribution in [2.75, 3.05) is 11.1 Å². The van der Waals surface area contributed by atoms with E-state index >= 15 is 0 Å². The molecule has 228 valence electrons. The lowest BCUT2D eigenvalue weighted by Gasteiger charge is -2.52. The second-order valence-electron chi connectivity index (χ2n) is 11.7. The van der Waals surface area contributed by atoms with Gasteiger partial charge in [0, 0.05) is 11.4 Å². The first kappa shape index (κ1) is 30.9. The number of anilines is 1. The number of nitrogens with one attached hydrogen (secondary N) is 2. The summed E-state index contributed by atoms with van der Waals surface area (Å²) in [5, 5.41) is 5.06. The van der Waals surface area contributed by atoms with Crippen molar-refractivity contribution >= 4 is 41.3 Å². The third-order valence-corrected chi connectivity index (χ3v) is 8.54. The van der Waals surface area contributed by atoms with Gasteiger partial charge in [0.25, 0.3) is 0 Å². The van der Waals surface area contributed by atoms with Gasteiger partial charge in [-0.15, -0.1) is 11.8 Å². The first-order valence-corrected chi connectivity index (χ1v) is 15.4. The summed E-state index contributed by atoms with van der Waals surface area (Å²) in [5.74, 6) is -0.906. The van der Waals surface area contributed by atoms with E-state index in [0.717, 1.165) is 11.1 Å². The van der Waals surface area contributed by atoms with Crippen molar-refractivity contribution in [1.29, 1.82) is 0 Å². The number of esters is 1. The Hall–Kier alpha value is -4.57. The highest BCUT2D eigenvalue weighted by Gasteiger charge is 2.56. The van der Waals surface area contributed by atoms with Gasteiger partial charge in [0.2, 0.25) is 11.8 Å². The number of hydrogen-bond donors (Lipinski definition) is 2. The molecule has 3 unspecified atom stereocenters. The first-order valence-electron chi connectivity index (χ1n) is 14.3. The number of β-lactam (4-membered cyclic amide) rings is 1. The molecule has 2 aliphatic rings. The molecule has 0 aliphatic carbocycles. The number of amides is 3. The van der Waals surface area contributed by atoms with Crippen LogP contribution in [0.1, 0.15) is 43.6 Å². The predicted octanol–water partition coefficient (Wildman–Crippen LogP) is 5.23. The Kier molecular flexibility index (Phi) is 9.10. The molecular formula is C34H35N3O6S. The Morgan fingerprint density at radius 2 is 1.55 bits per heavy atom. The summed E-state index contributed by atoms with van der Waals surface area (Å²) in [5.41, 5.74) is 2.51. The number of thioether (sulfide) groups is 1. The molecule has 3 amide bonds. The molecule has 0 saturated carbocycles. The van der Waals surface area contributed by atoms with Gasteiger partial charge in [0.05, 0.1) is 6.42 Å². The van der Waals surface area contributed by atoms with E-state index in [-0.39, 0.29) is 12.3 Å². The van der Waals surface area contributed by atoms with Gasteiger partial charge in [0.15, 0.2) is 12.1 Å². The molecule has 2 saturated heterocycles. The lowest BCUT2D eigenvalue weighted by atomic mass is 9.97. The van der Waals surface area contributed by atoms with E-state index < -0.39 is 47.1 Å². The number of rotatable bonds is 8. The van der Waals surface area contributed by atoms with E-state index in [1.807, 2.05) is 60.7 Å². The second-order valence-corrected chi connectivity index (χ2v) is 12.8. The van der Waals surface area contributed by atoms with Gasteiger partial charge >= 0.3 is 12.1 Å². The van der Waals surface area contributed by atoms with Crippen molar-refractivity contribution in [3.8, 4) is 0 Å². The van der Waals surface area contributed by atoms with Crippen LogP contribution in [-0.4, -0.2) is 57.6 Å². The molecule has 44 heavy (non-hydrogen) atoms. The van der Waals surface area contributed by atoms with Gasteiger partial charge < -0.3 is 19.7 Å². The van der Waals surface area contributed by atoms with E-state index in [2.05, 4.69) is 17.2 Å². The molecule has 5 rings (SSSR count). The standard InChI is InChI=1S/C34H35N3O6S/c1-21-20-44-31-27(36-26(38)19-24-17-11-12-18-25(24)35-33(41)43-34(2,3)4)30(39)37(31)28(21)32(40)42-29(22-13-7-5-8-14-22)23-15-9-6-10-16-23/h5-18,27-29,31H,1,19-20H2,2-4H3,(H,35,41)(H,36,38). The Bertz CT molecular complexity index is 1520. The van der Waals surface area contributed by atoms with E-state index in [0.29, 0.717) is 22.6 Å². The summed E-state index contributed by atoms with van der Waals surface area (Å²) in [7, 11) is 0. The molecule has 2 N–H and O–H groups in total. The summed E-state index contributed by atoms with van der Waals surface area (Å²) < 4.78 is 11.4. The normalized spacial score (nSPS) is 19.5. The topological polar surface area (TPSA) is 114 Å². The van der Waals surface area contributed by atoms with Crippen molar-refractivity contribution < 1.29 is 28.7 Å². The van der Waals surface area contributed by atoms with E-state index in [1.165, 1.54) is 16.7 Å². The Morgan fingerprint density at radius 1 is 0.955 bits per heavy atom. The SMILES string of the molecule is C=C1CSC2C(NC(=O)Cc3ccccc3NC(=O)OC(C)(C)C)C(=O)N2C1C(=O)OC(c1ccccc1)c1ccccc1. The van der Waals surface area contributed by atoms with Crippen LogP contribution in [0.2, 0.25) is 0 Å². The van der Waals surface area contributed by atoms with Crippen LogP contribution in [0.5, 0.6) is 0 Å². The van der Waals surface area contributed by atoms with Crippen molar-refractivity contribution in [1.82, 2.24) is 10.2 Å². The number of benzene rings is 3. The highest BCUT2D eigenvalue weighted by atomic mass is 32.2. The number of carbonyl (C=O) groups excluding carboxylic acids is 4. The molecule has 10 heteroatoms. The van der Waals surface area contributed by atoms with Crippen molar-refractivity contribution in [2.45, 2.75) is 56.4 Å². The minimum absolute atomic E-state index is 0.0683. The van der Waals surface area contributed by atoms with Crippen LogP contribution in [0.15, 0.2) is 97.1 Å². The number of ether oxygens (including phenoxy) is 2. The maximum absolute atomic E-state index is 13.7. The summed E-state index contributed by atoms with van der Waals surface area (Å²) >= 11 is 1.44. The number of carbonyl (C=O) groups is 4. The molecular weight excluding hydrogens is 578 g/mol. The summed E-state index contributed by atoms with van der Waals surface area (Å²) in [6.07, 6.45) is -1.36. The van der Waals surface area contributed by atoms with Crippen LogP contribution in [0.3, 0.4) is 0 Å². The summed E-state index contributed by atoms with van der Waals surface area (Å²) in [6.45, 7) is 9.36. The van der Waals surface area contributed by atoms with Gasteiger partial charge in [0.1, 0.15) is 17.0 Å². The fourth-order valence-corrected chi connectivity index (χ4v) is 6.50. The lowest BCUT2D eigenvalue weighted by molar-refractivity contribution is -0.165. The molecule has 0 radical (unpaired) electrons. The van der Waals surface area contributed by atoms with Gasteiger partial charge in [-0.25, -0.2) is 9.59 Å². The van der Waals surface area contributed by atoms with Gasteiger partial charge in [-0.1, -0.05) is 85.4 Å². The van der Waals surface area contributed by atoms with E-state index in [4.69, 9.17) is 9.47 Å². The van der Waals surface area contributed by atoms with Gasteiger partial charge in [-0.3, -0.25) is 14.9 Å². The number of para-hydroxylation sites is 1. The molecule has 2 fully saturated rings. The molecule has 0 aromatic heterocycles. The van der Waals surface area contributed by atoms with E-state index in [9.17, 15) is 19.2 Å². The second kappa shape index (κ2) is 13.0. The smallest absolute Gasteiger partial charge is 0.412 e. The lowest BCUT2D eigenvalue weighted by Crippen LogP contribution is -2.74. The number of nitrogens with zero attached hydrogens (tertiary/aromatic N) is 1. The molecule has 2 heterocycles. The third kappa shape index (κ3) is 6.97. The molecule has 0 bridgehead atoms. The van der Waals surface area contributed by atoms with Crippen LogP contribution in [0, 0.1) is 0 Å². The minimum Gasteiger partial charge on any atom is -0.451 e. The van der Waals surface area contributed by atoms with Crippen molar-refractivity contribution in [2.24, 2.45) is 0 Å². The largest absolute Gasteiger partial charge is 0.451 e. The Morgan fingerprint density at radius 3 is 2.16 bits per heavy atom. The molecule has 9 nitrogen and oxygen atoms in total. The average Bonchev–Trinajstić information content (AvgIpc) is 2.99. The number of fused-ring (bicyclic) bond motifs is 1. The van der Waals surface area contributed by atoms with Crippen LogP contribution in [-0.2, 0) is 30.3 Å². The maximum atomic E-state index is 13.7. The predicted molar refractivity (Wildman–Crippen MR) is 169 cm³/mol. The van der Waals surface area contributed by atoms with E-state index in [1.54, 1.807) is 45.0 Å². The maximum Gasteiger partial charge on any atom is 0.412 e. The molecule has 3 aromatic carbocycles.